The Labute approximate surface area is 413 Å². The van der Waals surface area contributed by atoms with Crippen LogP contribution in [0, 0.1) is 0 Å². The van der Waals surface area contributed by atoms with E-state index in [9.17, 15) is 19.8 Å². The first kappa shape index (κ1) is 64.9. The van der Waals surface area contributed by atoms with Gasteiger partial charge >= 0.3 is 5.97 Å². The molecule has 0 rings (SSSR count). The van der Waals surface area contributed by atoms with Crippen LogP contribution < -0.4 is 5.32 Å². The van der Waals surface area contributed by atoms with E-state index >= 15 is 0 Å². The van der Waals surface area contributed by atoms with Gasteiger partial charge in [0.25, 0.3) is 0 Å². The van der Waals surface area contributed by atoms with Crippen LogP contribution in [0.3, 0.4) is 0 Å². The van der Waals surface area contributed by atoms with Gasteiger partial charge in [0.05, 0.1) is 25.4 Å². The highest BCUT2D eigenvalue weighted by Crippen LogP contribution is 2.18. The molecule has 0 heterocycles. The first-order valence-electron chi connectivity index (χ1n) is 30.3. The van der Waals surface area contributed by atoms with Gasteiger partial charge < -0.3 is 20.3 Å². The SMILES string of the molecule is CCCCCCCCCCCCCCCCCC(=O)OCCCCCCCCCCCCCCCCCCCCCCCCCCCC(=O)NC(CO)C(O)CCCCCCCCCCC. The summed E-state index contributed by atoms with van der Waals surface area (Å²) in [6, 6.07) is -0.536. The van der Waals surface area contributed by atoms with Crippen LogP contribution in [-0.4, -0.2) is 47.4 Å². The summed E-state index contributed by atoms with van der Waals surface area (Å²) in [5, 5.41) is 23.1. The Kier molecular flexibility index (Phi) is 55.5. The van der Waals surface area contributed by atoms with E-state index in [1.165, 1.54) is 276 Å². The third-order valence-corrected chi connectivity index (χ3v) is 14.4. The lowest BCUT2D eigenvalue weighted by molar-refractivity contribution is -0.143. The fourth-order valence-electron chi connectivity index (χ4n) is 9.76. The summed E-state index contributed by atoms with van der Waals surface area (Å²) in [7, 11) is 0. The predicted molar refractivity (Wildman–Crippen MR) is 287 cm³/mol. The van der Waals surface area contributed by atoms with Crippen LogP contribution in [0.25, 0.3) is 0 Å². The Morgan fingerprint density at radius 3 is 0.924 bits per heavy atom. The first-order chi connectivity index (χ1) is 32.5. The standard InChI is InChI=1S/C60H119NO5/c1-3-5-7-9-11-13-14-15-27-31-34-38-42-46-50-54-60(65)66-55-51-47-43-39-35-32-29-26-24-22-20-18-16-17-19-21-23-25-28-30-33-37-41-45-49-53-59(64)61-57(56-62)58(63)52-48-44-40-36-12-10-8-6-4-2/h57-58,62-63H,3-56H2,1-2H3,(H,61,64). The molecule has 0 aromatic rings. The molecule has 394 valence electrons. The van der Waals surface area contributed by atoms with Crippen LogP contribution in [0.2, 0.25) is 0 Å². The van der Waals surface area contributed by atoms with Crippen LogP contribution in [0.5, 0.6) is 0 Å². The number of rotatable bonds is 57. The van der Waals surface area contributed by atoms with Gasteiger partial charge in [-0.2, -0.15) is 0 Å². The number of ether oxygens (including phenoxy) is 1. The van der Waals surface area contributed by atoms with Gasteiger partial charge in [0.15, 0.2) is 0 Å². The molecule has 6 nitrogen and oxygen atoms in total. The molecule has 0 bridgehead atoms. The van der Waals surface area contributed by atoms with Crippen molar-refractivity contribution in [3.63, 3.8) is 0 Å². The molecule has 0 fully saturated rings. The van der Waals surface area contributed by atoms with Crippen molar-refractivity contribution in [2.45, 2.75) is 360 Å². The fraction of sp³-hybridized carbons (Fsp3) is 0.967. The molecule has 0 aromatic carbocycles. The maximum absolute atomic E-state index is 12.4. The van der Waals surface area contributed by atoms with Crippen LogP contribution in [0.4, 0.5) is 0 Å². The van der Waals surface area contributed by atoms with Crippen LogP contribution in [0.15, 0.2) is 0 Å². The quantitative estimate of drug-likeness (QED) is 0.0417. The number of carbonyl (C=O) groups excluding carboxylic acids is 2. The molecule has 0 spiro atoms. The minimum absolute atomic E-state index is 0.0200. The first-order valence-corrected chi connectivity index (χ1v) is 30.3. The van der Waals surface area contributed by atoms with E-state index < -0.39 is 12.1 Å². The number of esters is 1. The average molecular weight is 935 g/mol. The van der Waals surface area contributed by atoms with Gasteiger partial charge in [-0.05, 0) is 25.7 Å². The van der Waals surface area contributed by atoms with Crippen molar-refractivity contribution in [1.82, 2.24) is 5.32 Å². The Balaban J connectivity index is 3.30. The lowest BCUT2D eigenvalue weighted by Gasteiger charge is -2.22. The van der Waals surface area contributed by atoms with Gasteiger partial charge in [-0.25, -0.2) is 0 Å². The molecule has 0 saturated carbocycles. The van der Waals surface area contributed by atoms with Crippen LogP contribution in [-0.2, 0) is 14.3 Å². The largest absolute Gasteiger partial charge is 0.466 e. The van der Waals surface area contributed by atoms with Crippen molar-refractivity contribution in [2.75, 3.05) is 13.2 Å². The second-order valence-corrected chi connectivity index (χ2v) is 21.1. The highest BCUT2D eigenvalue weighted by atomic mass is 16.5. The molecule has 0 aliphatic carbocycles. The zero-order valence-corrected chi connectivity index (χ0v) is 45.0. The molecule has 0 aromatic heterocycles. The lowest BCUT2D eigenvalue weighted by atomic mass is 10.0. The number of nitrogens with one attached hydrogen (secondary N) is 1. The van der Waals surface area contributed by atoms with E-state index in [0.29, 0.717) is 25.9 Å². The number of unbranched alkanes of at least 4 members (excludes halogenated alkanes) is 46. The van der Waals surface area contributed by atoms with E-state index in [-0.39, 0.29) is 18.5 Å². The van der Waals surface area contributed by atoms with E-state index in [2.05, 4.69) is 19.2 Å². The maximum Gasteiger partial charge on any atom is 0.305 e. The van der Waals surface area contributed by atoms with Gasteiger partial charge in [-0.15, -0.1) is 0 Å². The molecule has 1 amide bonds. The lowest BCUT2D eigenvalue weighted by Crippen LogP contribution is -2.45. The zero-order chi connectivity index (χ0) is 47.9. The number of amides is 1. The molecule has 2 unspecified atom stereocenters. The molecular formula is C60H119NO5. The van der Waals surface area contributed by atoms with Crippen molar-refractivity contribution < 1.29 is 24.5 Å². The van der Waals surface area contributed by atoms with Gasteiger partial charge in [0.1, 0.15) is 0 Å². The molecule has 2 atom stereocenters. The summed E-state index contributed by atoms with van der Waals surface area (Å²) < 4.78 is 5.49. The highest BCUT2D eigenvalue weighted by molar-refractivity contribution is 5.76. The van der Waals surface area contributed by atoms with Crippen molar-refractivity contribution in [3.05, 3.63) is 0 Å². The van der Waals surface area contributed by atoms with Crippen molar-refractivity contribution in [1.29, 1.82) is 0 Å². The second-order valence-electron chi connectivity index (χ2n) is 21.1. The van der Waals surface area contributed by atoms with Crippen molar-refractivity contribution >= 4 is 11.9 Å². The number of aliphatic hydroxyl groups is 2. The molecule has 0 saturated heterocycles. The topological polar surface area (TPSA) is 95.9 Å². The third-order valence-electron chi connectivity index (χ3n) is 14.4. The third kappa shape index (κ3) is 52.2. The van der Waals surface area contributed by atoms with Crippen molar-refractivity contribution in [3.8, 4) is 0 Å². The molecule has 0 radical (unpaired) electrons. The molecule has 3 N–H and O–H groups in total. The summed E-state index contributed by atoms with van der Waals surface area (Å²) in [5.41, 5.74) is 0. The normalized spacial score (nSPS) is 12.5. The summed E-state index contributed by atoms with van der Waals surface area (Å²) in [6.07, 6.45) is 65.5. The summed E-state index contributed by atoms with van der Waals surface area (Å²) in [5.74, 6) is -0.0139. The predicted octanol–water partition coefficient (Wildman–Crippen LogP) is 18.7. The number of carbonyl (C=O) groups is 2. The van der Waals surface area contributed by atoms with E-state index in [0.717, 1.165) is 38.5 Å². The zero-order valence-electron chi connectivity index (χ0n) is 45.0. The summed E-state index contributed by atoms with van der Waals surface area (Å²) in [4.78, 5) is 24.5. The molecule has 0 aliphatic heterocycles. The van der Waals surface area contributed by atoms with E-state index in [1.54, 1.807) is 0 Å². The smallest absolute Gasteiger partial charge is 0.305 e. The monoisotopic (exact) mass is 934 g/mol. The Morgan fingerprint density at radius 1 is 0.364 bits per heavy atom. The Morgan fingerprint density at radius 2 is 0.621 bits per heavy atom. The van der Waals surface area contributed by atoms with Crippen molar-refractivity contribution in [2.24, 2.45) is 0 Å². The average Bonchev–Trinajstić information content (AvgIpc) is 3.32. The highest BCUT2D eigenvalue weighted by Gasteiger charge is 2.20. The Hall–Kier alpha value is -1.14. The summed E-state index contributed by atoms with van der Waals surface area (Å²) >= 11 is 0. The van der Waals surface area contributed by atoms with Gasteiger partial charge in [0, 0.05) is 12.8 Å². The Bertz CT molecular complexity index is 944. The van der Waals surface area contributed by atoms with Crippen LogP contribution in [0.1, 0.15) is 348 Å². The summed E-state index contributed by atoms with van der Waals surface area (Å²) in [6.45, 7) is 4.96. The van der Waals surface area contributed by atoms with Gasteiger partial charge in [-0.1, -0.05) is 309 Å². The second kappa shape index (κ2) is 56.4. The fourth-order valence-corrected chi connectivity index (χ4v) is 9.76. The molecule has 66 heavy (non-hydrogen) atoms. The van der Waals surface area contributed by atoms with Gasteiger partial charge in [0.2, 0.25) is 5.91 Å². The molecule has 0 aliphatic rings. The maximum atomic E-state index is 12.4. The number of hydrogen-bond donors (Lipinski definition) is 3. The number of hydrogen-bond acceptors (Lipinski definition) is 5. The minimum atomic E-state index is -0.659. The van der Waals surface area contributed by atoms with Gasteiger partial charge in [-0.3, -0.25) is 9.59 Å². The molecule has 6 heteroatoms. The molecular weight excluding hydrogens is 815 g/mol. The van der Waals surface area contributed by atoms with Crippen LogP contribution >= 0.6 is 0 Å². The van der Waals surface area contributed by atoms with E-state index in [4.69, 9.17) is 4.74 Å². The van der Waals surface area contributed by atoms with E-state index in [1.807, 2.05) is 0 Å². The number of aliphatic hydroxyl groups excluding tert-OH is 2. The minimum Gasteiger partial charge on any atom is -0.466 e.